The van der Waals surface area contributed by atoms with Crippen LogP contribution in [-0.4, -0.2) is 35.1 Å². The molecule has 2 N–H and O–H groups in total. The Morgan fingerprint density at radius 1 is 1.04 bits per heavy atom. The third-order valence-electron chi connectivity index (χ3n) is 3.44. The lowest BCUT2D eigenvalue weighted by Gasteiger charge is -2.07. The molecule has 0 radical (unpaired) electrons. The smallest absolute Gasteiger partial charge is 0.316 e. The second-order valence-electron chi connectivity index (χ2n) is 5.70. The summed E-state index contributed by atoms with van der Waals surface area (Å²) in [4.78, 5) is 38.9. The maximum absolute atomic E-state index is 11.9. The van der Waals surface area contributed by atoms with Gasteiger partial charge in [0.25, 0.3) is 11.1 Å². The maximum Gasteiger partial charge on any atom is 0.316 e. The molecule has 0 aliphatic heterocycles. The minimum Gasteiger partial charge on any atom is -0.455 e. The van der Waals surface area contributed by atoms with E-state index in [0.717, 1.165) is 11.8 Å². The predicted molar refractivity (Wildman–Crippen MR) is 105 cm³/mol. The van der Waals surface area contributed by atoms with E-state index in [1.807, 2.05) is 18.2 Å². The molecule has 0 fully saturated rings. The zero-order chi connectivity index (χ0) is 19.9. The Labute approximate surface area is 164 Å². The van der Waals surface area contributed by atoms with Crippen LogP contribution >= 0.6 is 11.8 Å². The quantitative estimate of drug-likeness (QED) is 0.464. The number of para-hydroxylation sites is 2. The van der Waals surface area contributed by atoms with Crippen LogP contribution in [0, 0.1) is 0 Å². The van der Waals surface area contributed by atoms with Crippen molar-refractivity contribution in [2.24, 2.45) is 0 Å². The minimum absolute atomic E-state index is 0.0223. The van der Waals surface area contributed by atoms with Gasteiger partial charge in [0.2, 0.25) is 5.91 Å². The van der Waals surface area contributed by atoms with Gasteiger partial charge in [-0.15, -0.1) is 0 Å². The second-order valence-corrected chi connectivity index (χ2v) is 6.63. The molecule has 144 valence electrons. The van der Waals surface area contributed by atoms with Gasteiger partial charge >= 0.3 is 5.97 Å². The zero-order valence-electron chi connectivity index (χ0n) is 14.9. The van der Waals surface area contributed by atoms with Crippen molar-refractivity contribution >= 4 is 52.0 Å². The Kier molecular flexibility index (Phi) is 6.28. The van der Waals surface area contributed by atoms with E-state index in [1.54, 1.807) is 30.3 Å². The van der Waals surface area contributed by atoms with Gasteiger partial charge in [-0.3, -0.25) is 14.4 Å². The molecule has 0 unspecified atom stereocenters. The van der Waals surface area contributed by atoms with E-state index in [0.29, 0.717) is 27.7 Å². The predicted octanol–water partition coefficient (Wildman–Crippen LogP) is 3.06. The fraction of sp³-hybridized carbons (Fsp3) is 0.158. The van der Waals surface area contributed by atoms with Gasteiger partial charge in [-0.05, 0) is 36.4 Å². The summed E-state index contributed by atoms with van der Waals surface area (Å²) in [6, 6.07) is 13.9. The summed E-state index contributed by atoms with van der Waals surface area (Å²) in [6.07, 6.45) is 0. The van der Waals surface area contributed by atoms with Crippen LogP contribution in [0.1, 0.15) is 6.92 Å². The number of fused-ring (bicyclic) bond motifs is 1. The molecule has 0 aliphatic rings. The fourth-order valence-corrected chi connectivity index (χ4v) is 2.89. The minimum atomic E-state index is -0.552. The number of benzene rings is 2. The number of nitrogens with zero attached hydrogens (tertiary/aromatic N) is 1. The Morgan fingerprint density at radius 2 is 1.71 bits per heavy atom. The topological polar surface area (TPSA) is 111 Å². The van der Waals surface area contributed by atoms with Crippen LogP contribution < -0.4 is 10.6 Å². The first-order valence-electron chi connectivity index (χ1n) is 8.31. The third-order valence-corrected chi connectivity index (χ3v) is 4.24. The lowest BCUT2D eigenvalue weighted by molar-refractivity contribution is -0.144. The standard InChI is InChI=1S/C19H17N3O5S/c1-12(23)20-13-6-8-14(9-7-13)21-17(24)10-26-18(25)11-28-19-22-15-4-2-3-5-16(15)27-19/h2-9H,10-11H2,1H3,(H,20,23)(H,21,24). The van der Waals surface area contributed by atoms with E-state index in [9.17, 15) is 14.4 Å². The molecule has 3 aromatic rings. The van der Waals surface area contributed by atoms with E-state index in [4.69, 9.17) is 9.15 Å². The summed E-state index contributed by atoms with van der Waals surface area (Å²) in [5, 5.41) is 5.59. The van der Waals surface area contributed by atoms with Crippen LogP contribution in [-0.2, 0) is 19.1 Å². The molecular weight excluding hydrogens is 382 g/mol. The molecular formula is C19H17N3O5S. The fourth-order valence-electron chi connectivity index (χ4n) is 2.26. The number of anilines is 2. The van der Waals surface area contributed by atoms with Crippen LogP contribution in [0.2, 0.25) is 0 Å². The second kappa shape index (κ2) is 9.05. The largest absolute Gasteiger partial charge is 0.455 e. The average Bonchev–Trinajstić information content (AvgIpc) is 3.09. The molecule has 0 saturated carbocycles. The number of carbonyl (C=O) groups excluding carboxylic acids is 3. The molecule has 0 saturated heterocycles. The van der Waals surface area contributed by atoms with E-state index in [-0.39, 0.29) is 11.7 Å². The van der Waals surface area contributed by atoms with Crippen molar-refractivity contribution in [2.75, 3.05) is 23.0 Å². The Bertz CT molecular complexity index is 967. The van der Waals surface area contributed by atoms with Crippen LogP contribution in [0.15, 0.2) is 58.2 Å². The van der Waals surface area contributed by atoms with Crippen molar-refractivity contribution in [3.8, 4) is 0 Å². The van der Waals surface area contributed by atoms with Gasteiger partial charge in [-0.1, -0.05) is 23.9 Å². The molecule has 2 aromatic carbocycles. The molecule has 8 nitrogen and oxygen atoms in total. The highest BCUT2D eigenvalue weighted by molar-refractivity contribution is 7.99. The van der Waals surface area contributed by atoms with Gasteiger partial charge in [0.1, 0.15) is 11.3 Å². The molecule has 1 aromatic heterocycles. The summed E-state index contributed by atoms with van der Waals surface area (Å²) >= 11 is 1.10. The number of amides is 2. The number of nitrogens with one attached hydrogen (secondary N) is 2. The van der Waals surface area contributed by atoms with Gasteiger partial charge in [0, 0.05) is 18.3 Å². The van der Waals surface area contributed by atoms with Crippen LogP contribution in [0.5, 0.6) is 0 Å². The molecule has 0 atom stereocenters. The highest BCUT2D eigenvalue weighted by atomic mass is 32.2. The van der Waals surface area contributed by atoms with Crippen LogP contribution in [0.3, 0.4) is 0 Å². The van der Waals surface area contributed by atoms with Crippen molar-refractivity contribution in [1.82, 2.24) is 4.98 Å². The number of aromatic nitrogens is 1. The first-order valence-corrected chi connectivity index (χ1v) is 9.29. The lowest BCUT2D eigenvalue weighted by atomic mass is 10.2. The first-order chi connectivity index (χ1) is 13.5. The summed E-state index contributed by atoms with van der Waals surface area (Å²) in [5.74, 6) is -1.22. The number of ether oxygens (including phenoxy) is 1. The summed E-state index contributed by atoms with van der Waals surface area (Å²) in [5.41, 5.74) is 2.49. The lowest BCUT2D eigenvalue weighted by Crippen LogP contribution is -2.21. The SMILES string of the molecule is CC(=O)Nc1ccc(NC(=O)COC(=O)CSc2nc3ccccc3o2)cc1. The van der Waals surface area contributed by atoms with Crippen molar-refractivity contribution in [3.63, 3.8) is 0 Å². The van der Waals surface area contributed by atoms with E-state index in [2.05, 4.69) is 15.6 Å². The average molecular weight is 399 g/mol. The molecule has 28 heavy (non-hydrogen) atoms. The highest BCUT2D eigenvalue weighted by Crippen LogP contribution is 2.23. The Hall–Kier alpha value is -3.33. The third kappa shape index (κ3) is 5.58. The normalized spacial score (nSPS) is 10.5. The van der Waals surface area contributed by atoms with Gasteiger partial charge in [0.15, 0.2) is 12.2 Å². The summed E-state index contributed by atoms with van der Waals surface area (Å²) in [7, 11) is 0. The number of carbonyl (C=O) groups is 3. The van der Waals surface area contributed by atoms with Crippen LogP contribution in [0.4, 0.5) is 11.4 Å². The van der Waals surface area contributed by atoms with Gasteiger partial charge in [-0.2, -0.15) is 0 Å². The molecule has 0 spiro atoms. The van der Waals surface area contributed by atoms with Gasteiger partial charge in [0.05, 0.1) is 0 Å². The number of hydrogen-bond acceptors (Lipinski definition) is 7. The van der Waals surface area contributed by atoms with E-state index in [1.165, 1.54) is 6.92 Å². The van der Waals surface area contributed by atoms with Gasteiger partial charge < -0.3 is 19.8 Å². The maximum atomic E-state index is 11.9. The number of rotatable bonds is 7. The number of esters is 1. The van der Waals surface area contributed by atoms with Crippen LogP contribution in [0.25, 0.3) is 11.1 Å². The molecule has 0 bridgehead atoms. The first kappa shape index (κ1) is 19.4. The number of oxazole rings is 1. The molecule has 9 heteroatoms. The summed E-state index contributed by atoms with van der Waals surface area (Å²) < 4.78 is 10.4. The molecule has 1 heterocycles. The van der Waals surface area contributed by atoms with Crippen molar-refractivity contribution in [1.29, 1.82) is 0 Å². The number of hydrogen-bond donors (Lipinski definition) is 2. The zero-order valence-corrected chi connectivity index (χ0v) is 15.7. The van der Waals surface area contributed by atoms with Crippen molar-refractivity contribution in [3.05, 3.63) is 48.5 Å². The number of thioether (sulfide) groups is 1. The van der Waals surface area contributed by atoms with Crippen molar-refractivity contribution < 1.29 is 23.5 Å². The van der Waals surface area contributed by atoms with Crippen molar-refractivity contribution in [2.45, 2.75) is 12.1 Å². The molecule has 3 rings (SSSR count). The Balaban J connectivity index is 1.41. The highest BCUT2D eigenvalue weighted by Gasteiger charge is 2.12. The summed E-state index contributed by atoms with van der Waals surface area (Å²) in [6.45, 7) is 1.01. The molecule has 2 amide bonds. The molecule has 0 aliphatic carbocycles. The monoisotopic (exact) mass is 399 g/mol. The van der Waals surface area contributed by atoms with E-state index >= 15 is 0 Å². The van der Waals surface area contributed by atoms with E-state index < -0.39 is 18.5 Å². The Morgan fingerprint density at radius 3 is 2.39 bits per heavy atom. The van der Waals surface area contributed by atoms with Gasteiger partial charge in [-0.25, -0.2) is 4.98 Å².